The van der Waals surface area contributed by atoms with Crippen LogP contribution in [0.1, 0.15) is 36.5 Å². The number of piperazine rings is 1. The van der Waals surface area contributed by atoms with Gasteiger partial charge in [0.1, 0.15) is 5.75 Å². The molecule has 3 N–H and O–H groups in total. The number of nitrogen functional groups attached to an aromatic ring is 1. The van der Waals surface area contributed by atoms with Gasteiger partial charge in [-0.3, -0.25) is 9.69 Å². The minimum absolute atomic E-state index is 0.0111. The number of carbonyl (C=O) groups is 1. The Hall–Kier alpha value is -1.75. The first-order chi connectivity index (χ1) is 10.1. The number of phenolic OH excluding ortho intramolecular Hbond substituents is 1. The van der Waals surface area contributed by atoms with Crippen LogP contribution in [0.25, 0.3) is 0 Å². The lowest BCUT2D eigenvalue weighted by Gasteiger charge is -2.47. The quantitative estimate of drug-likeness (QED) is 0.609. The number of nitrogens with two attached hydrogens (primary N) is 1. The van der Waals surface area contributed by atoms with Gasteiger partial charge in [-0.1, -0.05) is 6.42 Å². The Morgan fingerprint density at radius 2 is 2.14 bits per heavy atom. The molecule has 2 saturated heterocycles. The lowest BCUT2D eigenvalue weighted by Crippen LogP contribution is -2.60. The van der Waals surface area contributed by atoms with Crippen LogP contribution in [0.2, 0.25) is 0 Å². The molecule has 0 radical (unpaired) electrons. The highest BCUT2D eigenvalue weighted by Gasteiger charge is 2.35. The van der Waals surface area contributed by atoms with Crippen molar-refractivity contribution in [1.82, 2.24) is 9.80 Å². The first-order valence-corrected chi connectivity index (χ1v) is 7.70. The minimum Gasteiger partial charge on any atom is -0.506 e. The van der Waals surface area contributed by atoms with Crippen LogP contribution in [0.5, 0.6) is 5.75 Å². The SMILES string of the molecule is CC1CN2CCCCC2CN1C(=O)c1ccc(N)c(O)c1. The monoisotopic (exact) mass is 289 g/mol. The molecular weight excluding hydrogens is 266 g/mol. The summed E-state index contributed by atoms with van der Waals surface area (Å²) in [5, 5.41) is 9.70. The largest absolute Gasteiger partial charge is 0.506 e. The molecular formula is C16H23N3O2. The van der Waals surface area contributed by atoms with Crippen LogP contribution in [0.15, 0.2) is 18.2 Å². The number of rotatable bonds is 1. The van der Waals surface area contributed by atoms with Crippen LogP contribution in [-0.2, 0) is 0 Å². The average Bonchev–Trinajstić information content (AvgIpc) is 2.48. The van der Waals surface area contributed by atoms with E-state index < -0.39 is 0 Å². The van der Waals surface area contributed by atoms with Gasteiger partial charge in [-0.05, 0) is 44.5 Å². The number of nitrogens with zero attached hydrogens (tertiary/aromatic N) is 2. The van der Waals surface area contributed by atoms with Gasteiger partial charge in [0.05, 0.1) is 5.69 Å². The Morgan fingerprint density at radius 1 is 1.33 bits per heavy atom. The Kier molecular flexibility index (Phi) is 3.76. The molecule has 1 amide bonds. The molecule has 0 saturated carbocycles. The van der Waals surface area contributed by atoms with Crippen molar-refractivity contribution in [2.24, 2.45) is 0 Å². The minimum atomic E-state index is -0.0233. The van der Waals surface area contributed by atoms with E-state index in [0.29, 0.717) is 17.3 Å². The first kappa shape index (κ1) is 14.2. The molecule has 1 aromatic carbocycles. The number of fused-ring (bicyclic) bond motifs is 1. The lowest BCUT2D eigenvalue weighted by atomic mass is 9.96. The van der Waals surface area contributed by atoms with Crippen LogP contribution >= 0.6 is 0 Å². The Balaban J connectivity index is 1.78. The zero-order chi connectivity index (χ0) is 15.0. The highest BCUT2D eigenvalue weighted by Crippen LogP contribution is 2.27. The van der Waals surface area contributed by atoms with Crippen LogP contribution in [0.3, 0.4) is 0 Å². The van der Waals surface area contributed by atoms with E-state index in [-0.39, 0.29) is 17.7 Å². The molecule has 3 rings (SSSR count). The van der Waals surface area contributed by atoms with Crippen molar-refractivity contribution >= 4 is 11.6 Å². The second kappa shape index (κ2) is 5.56. The molecule has 5 heteroatoms. The van der Waals surface area contributed by atoms with E-state index in [1.54, 1.807) is 12.1 Å². The van der Waals surface area contributed by atoms with Gasteiger partial charge in [0.15, 0.2) is 0 Å². The molecule has 1 aromatic rings. The third kappa shape index (κ3) is 2.70. The van der Waals surface area contributed by atoms with Crippen molar-refractivity contribution in [3.8, 4) is 5.75 Å². The van der Waals surface area contributed by atoms with E-state index in [2.05, 4.69) is 11.8 Å². The molecule has 0 aromatic heterocycles. The van der Waals surface area contributed by atoms with Crippen molar-refractivity contribution in [3.05, 3.63) is 23.8 Å². The molecule has 2 aliphatic heterocycles. The maximum atomic E-state index is 12.7. The topological polar surface area (TPSA) is 69.8 Å². The molecule has 0 aliphatic carbocycles. The smallest absolute Gasteiger partial charge is 0.254 e. The summed E-state index contributed by atoms with van der Waals surface area (Å²) < 4.78 is 0. The van der Waals surface area contributed by atoms with Crippen LogP contribution in [0, 0.1) is 0 Å². The van der Waals surface area contributed by atoms with Crippen molar-refractivity contribution in [1.29, 1.82) is 0 Å². The lowest BCUT2D eigenvalue weighted by molar-refractivity contribution is 0.0151. The fraction of sp³-hybridized carbons (Fsp3) is 0.562. The summed E-state index contributed by atoms with van der Waals surface area (Å²) in [6.07, 6.45) is 3.69. The molecule has 2 fully saturated rings. The van der Waals surface area contributed by atoms with Gasteiger partial charge in [0.2, 0.25) is 0 Å². The van der Waals surface area contributed by atoms with Gasteiger partial charge >= 0.3 is 0 Å². The number of piperidine rings is 1. The molecule has 2 heterocycles. The summed E-state index contributed by atoms with van der Waals surface area (Å²) in [5.74, 6) is -0.0344. The van der Waals surface area contributed by atoms with E-state index >= 15 is 0 Å². The number of anilines is 1. The Bertz CT molecular complexity index is 546. The van der Waals surface area contributed by atoms with Gasteiger partial charge in [-0.2, -0.15) is 0 Å². The first-order valence-electron chi connectivity index (χ1n) is 7.70. The molecule has 0 bridgehead atoms. The average molecular weight is 289 g/mol. The standard InChI is InChI=1S/C16H23N3O2/c1-11-9-18-7-3-2-4-13(18)10-19(11)16(21)12-5-6-14(17)15(20)8-12/h5-6,8,11,13,20H,2-4,7,9-10,17H2,1H3. The van der Waals surface area contributed by atoms with Gasteiger partial charge in [0, 0.05) is 30.7 Å². The normalized spacial score (nSPS) is 26.4. The number of hydrogen-bond acceptors (Lipinski definition) is 4. The van der Waals surface area contributed by atoms with E-state index in [0.717, 1.165) is 19.6 Å². The Morgan fingerprint density at radius 3 is 2.90 bits per heavy atom. The third-order valence-corrected chi connectivity index (χ3v) is 4.73. The second-order valence-electron chi connectivity index (χ2n) is 6.22. The predicted octanol–water partition coefficient (Wildman–Crippen LogP) is 1.67. The summed E-state index contributed by atoms with van der Waals surface area (Å²) in [7, 11) is 0. The second-order valence-corrected chi connectivity index (χ2v) is 6.22. The number of carbonyl (C=O) groups excluding carboxylic acids is 1. The molecule has 5 nitrogen and oxygen atoms in total. The van der Waals surface area contributed by atoms with Crippen molar-refractivity contribution in [2.45, 2.75) is 38.3 Å². The summed E-state index contributed by atoms with van der Waals surface area (Å²) in [5.41, 5.74) is 6.41. The molecule has 2 aliphatic rings. The summed E-state index contributed by atoms with van der Waals surface area (Å²) in [4.78, 5) is 17.2. The van der Waals surface area contributed by atoms with E-state index in [4.69, 9.17) is 5.73 Å². The van der Waals surface area contributed by atoms with Crippen molar-refractivity contribution in [3.63, 3.8) is 0 Å². The maximum Gasteiger partial charge on any atom is 0.254 e. The Labute approximate surface area is 125 Å². The fourth-order valence-electron chi connectivity index (χ4n) is 3.48. The molecule has 2 atom stereocenters. The third-order valence-electron chi connectivity index (χ3n) is 4.73. The number of amides is 1. The van der Waals surface area contributed by atoms with Gasteiger partial charge < -0.3 is 15.7 Å². The highest BCUT2D eigenvalue weighted by molar-refractivity contribution is 5.95. The fourth-order valence-corrected chi connectivity index (χ4v) is 3.48. The van der Waals surface area contributed by atoms with Crippen LogP contribution < -0.4 is 5.73 Å². The summed E-state index contributed by atoms with van der Waals surface area (Å²) >= 11 is 0. The van der Waals surface area contributed by atoms with Crippen molar-refractivity contribution in [2.75, 3.05) is 25.4 Å². The molecule has 21 heavy (non-hydrogen) atoms. The predicted molar refractivity (Wildman–Crippen MR) is 82.2 cm³/mol. The van der Waals surface area contributed by atoms with Gasteiger partial charge in [-0.15, -0.1) is 0 Å². The van der Waals surface area contributed by atoms with Crippen LogP contribution in [0.4, 0.5) is 5.69 Å². The zero-order valence-electron chi connectivity index (χ0n) is 12.5. The van der Waals surface area contributed by atoms with E-state index in [1.807, 2.05) is 4.90 Å². The van der Waals surface area contributed by atoms with E-state index in [9.17, 15) is 9.90 Å². The number of hydrogen-bond donors (Lipinski definition) is 2. The molecule has 0 spiro atoms. The molecule has 114 valence electrons. The number of benzene rings is 1. The van der Waals surface area contributed by atoms with Crippen LogP contribution in [-0.4, -0.2) is 52.5 Å². The number of aromatic hydroxyl groups is 1. The van der Waals surface area contributed by atoms with E-state index in [1.165, 1.54) is 25.3 Å². The highest BCUT2D eigenvalue weighted by atomic mass is 16.3. The van der Waals surface area contributed by atoms with Gasteiger partial charge in [-0.25, -0.2) is 0 Å². The summed E-state index contributed by atoms with van der Waals surface area (Å²) in [6, 6.07) is 5.44. The zero-order valence-corrected chi connectivity index (χ0v) is 12.5. The maximum absolute atomic E-state index is 12.7. The summed E-state index contributed by atoms with van der Waals surface area (Å²) in [6.45, 7) is 4.97. The molecule has 2 unspecified atom stereocenters. The van der Waals surface area contributed by atoms with Gasteiger partial charge in [0.25, 0.3) is 5.91 Å². The number of phenols is 1. The van der Waals surface area contributed by atoms with Crippen molar-refractivity contribution < 1.29 is 9.90 Å².